The van der Waals surface area contributed by atoms with E-state index in [0.717, 1.165) is 28.6 Å². The zero-order valence-corrected chi connectivity index (χ0v) is 13.0. The molecule has 1 aliphatic rings. The Hall–Kier alpha value is -2.20. The highest BCUT2D eigenvalue weighted by Crippen LogP contribution is 2.33. The van der Waals surface area contributed by atoms with Gasteiger partial charge in [0.2, 0.25) is 11.4 Å². The van der Waals surface area contributed by atoms with Gasteiger partial charge >= 0.3 is 0 Å². The summed E-state index contributed by atoms with van der Waals surface area (Å²) in [5.41, 5.74) is 2.64. The first-order chi connectivity index (χ1) is 10.8. The molecule has 0 saturated heterocycles. The molecule has 0 unspecified atom stereocenters. The van der Waals surface area contributed by atoms with Crippen LogP contribution in [0.5, 0.6) is 0 Å². The smallest absolute Gasteiger partial charge is 0.224 e. The molecule has 0 saturated carbocycles. The lowest BCUT2D eigenvalue weighted by molar-refractivity contribution is 0.469. The van der Waals surface area contributed by atoms with Crippen LogP contribution in [-0.4, -0.2) is 4.98 Å². The van der Waals surface area contributed by atoms with Gasteiger partial charge in [-0.15, -0.1) is 11.3 Å². The van der Waals surface area contributed by atoms with Crippen LogP contribution < -0.4 is 5.55 Å². The quantitative estimate of drug-likeness (QED) is 0.762. The molecule has 22 heavy (non-hydrogen) atoms. The van der Waals surface area contributed by atoms with E-state index in [1.807, 2.05) is 42.5 Å². The Balaban J connectivity index is 1.77. The monoisotopic (exact) mass is 308 g/mol. The highest BCUT2D eigenvalue weighted by Gasteiger charge is 2.19. The predicted molar refractivity (Wildman–Crippen MR) is 89.8 cm³/mol. The van der Waals surface area contributed by atoms with Crippen LogP contribution in [0.4, 0.5) is 0 Å². The number of fused-ring (bicyclic) bond motifs is 3. The SMILES string of the molecule is N=c1oc(/C=C/c2ccccc2)nc2sc3c(c12)CCCC3. The van der Waals surface area contributed by atoms with Gasteiger partial charge in [-0.05, 0) is 42.9 Å². The second kappa shape index (κ2) is 5.54. The molecule has 1 N–H and O–H groups in total. The van der Waals surface area contributed by atoms with Crippen LogP contribution in [0.25, 0.3) is 22.4 Å². The van der Waals surface area contributed by atoms with Gasteiger partial charge in [-0.1, -0.05) is 30.3 Å². The average molecular weight is 308 g/mol. The van der Waals surface area contributed by atoms with Crippen molar-refractivity contribution in [3.05, 3.63) is 57.8 Å². The van der Waals surface area contributed by atoms with Gasteiger partial charge in [0, 0.05) is 11.0 Å². The van der Waals surface area contributed by atoms with Crippen molar-refractivity contribution >= 4 is 33.7 Å². The van der Waals surface area contributed by atoms with E-state index in [2.05, 4.69) is 4.98 Å². The maximum atomic E-state index is 8.21. The number of aromatic nitrogens is 1. The molecule has 0 spiro atoms. The van der Waals surface area contributed by atoms with Gasteiger partial charge in [0.05, 0.1) is 5.39 Å². The number of nitrogens with zero attached hydrogens (tertiary/aromatic N) is 1. The minimum Gasteiger partial charge on any atom is -0.420 e. The van der Waals surface area contributed by atoms with Gasteiger partial charge in [0.25, 0.3) is 0 Å². The third-order valence-corrected chi connectivity index (χ3v) is 5.20. The fourth-order valence-electron chi connectivity index (χ4n) is 2.95. The summed E-state index contributed by atoms with van der Waals surface area (Å²) >= 11 is 1.72. The summed E-state index contributed by atoms with van der Waals surface area (Å²) in [6, 6.07) is 10.0. The van der Waals surface area contributed by atoms with E-state index in [-0.39, 0.29) is 5.55 Å². The largest absolute Gasteiger partial charge is 0.420 e. The van der Waals surface area contributed by atoms with E-state index in [1.54, 1.807) is 11.3 Å². The number of hydrogen-bond acceptors (Lipinski definition) is 4. The van der Waals surface area contributed by atoms with E-state index in [9.17, 15) is 0 Å². The van der Waals surface area contributed by atoms with E-state index < -0.39 is 0 Å². The second-order valence-electron chi connectivity index (χ2n) is 5.52. The molecule has 0 radical (unpaired) electrons. The lowest BCUT2D eigenvalue weighted by Gasteiger charge is -2.09. The van der Waals surface area contributed by atoms with E-state index in [0.29, 0.717) is 5.89 Å². The van der Waals surface area contributed by atoms with Gasteiger partial charge in [0.15, 0.2) is 0 Å². The topological polar surface area (TPSA) is 49.9 Å². The summed E-state index contributed by atoms with van der Waals surface area (Å²) in [5.74, 6) is 0.500. The van der Waals surface area contributed by atoms with Crippen molar-refractivity contribution in [1.29, 1.82) is 5.41 Å². The standard InChI is InChI=1S/C18H16N2OS/c19-17-16-13-8-4-5-9-14(13)22-18(16)20-15(21-17)11-10-12-6-2-1-3-7-12/h1-3,6-7,10-11,19H,4-5,8-9H2/b11-10+,19-17?. The molecule has 0 fully saturated rings. The zero-order chi connectivity index (χ0) is 14.9. The Labute approximate surface area is 132 Å². The molecule has 0 aliphatic heterocycles. The Morgan fingerprint density at radius 2 is 1.91 bits per heavy atom. The second-order valence-corrected chi connectivity index (χ2v) is 6.60. The molecule has 3 aromatic rings. The molecule has 110 valence electrons. The summed E-state index contributed by atoms with van der Waals surface area (Å²) in [6.45, 7) is 0. The molecular formula is C18H16N2OS. The third kappa shape index (κ3) is 2.40. The lowest BCUT2D eigenvalue weighted by Crippen LogP contribution is -2.06. The first-order valence-corrected chi connectivity index (χ1v) is 8.36. The van der Waals surface area contributed by atoms with Crippen molar-refractivity contribution in [2.24, 2.45) is 0 Å². The molecular weight excluding hydrogens is 292 g/mol. The molecule has 2 aromatic heterocycles. The highest BCUT2D eigenvalue weighted by molar-refractivity contribution is 7.18. The van der Waals surface area contributed by atoms with Crippen molar-refractivity contribution in [3.8, 4) is 0 Å². The van der Waals surface area contributed by atoms with Crippen LogP contribution in [-0.2, 0) is 12.8 Å². The molecule has 1 aromatic carbocycles. The van der Waals surface area contributed by atoms with Crippen LogP contribution in [0.3, 0.4) is 0 Å². The van der Waals surface area contributed by atoms with Gasteiger partial charge in [0.1, 0.15) is 4.83 Å². The summed E-state index contributed by atoms with van der Waals surface area (Å²) in [6.07, 6.45) is 8.41. The molecule has 2 heterocycles. The van der Waals surface area contributed by atoms with Crippen molar-refractivity contribution in [2.45, 2.75) is 25.7 Å². The van der Waals surface area contributed by atoms with E-state index >= 15 is 0 Å². The Kier molecular flexibility index (Phi) is 3.39. The molecule has 3 nitrogen and oxygen atoms in total. The molecule has 4 heteroatoms. The zero-order valence-electron chi connectivity index (χ0n) is 12.1. The predicted octanol–water partition coefficient (Wildman–Crippen LogP) is 4.42. The number of benzene rings is 1. The Morgan fingerprint density at radius 3 is 2.77 bits per heavy atom. The maximum Gasteiger partial charge on any atom is 0.224 e. The Morgan fingerprint density at radius 1 is 1.09 bits per heavy atom. The van der Waals surface area contributed by atoms with E-state index in [4.69, 9.17) is 9.83 Å². The van der Waals surface area contributed by atoms with Crippen LogP contribution in [0, 0.1) is 5.41 Å². The first-order valence-electron chi connectivity index (χ1n) is 7.54. The van der Waals surface area contributed by atoms with Crippen LogP contribution in [0.15, 0.2) is 34.7 Å². The van der Waals surface area contributed by atoms with Crippen LogP contribution in [0.2, 0.25) is 0 Å². The maximum absolute atomic E-state index is 8.21. The normalized spacial score (nSPS) is 14.5. The minimum atomic E-state index is 0.247. The lowest BCUT2D eigenvalue weighted by atomic mass is 9.97. The van der Waals surface area contributed by atoms with Gasteiger partial charge in [-0.3, -0.25) is 5.41 Å². The minimum absolute atomic E-state index is 0.247. The molecule has 4 rings (SSSR count). The molecule has 0 atom stereocenters. The summed E-state index contributed by atoms with van der Waals surface area (Å²) in [7, 11) is 0. The number of hydrogen-bond donors (Lipinski definition) is 1. The van der Waals surface area contributed by atoms with Gasteiger partial charge in [-0.25, -0.2) is 4.98 Å². The summed E-state index contributed by atoms with van der Waals surface area (Å²) in [4.78, 5) is 6.93. The van der Waals surface area contributed by atoms with Gasteiger partial charge in [-0.2, -0.15) is 0 Å². The van der Waals surface area contributed by atoms with Gasteiger partial charge < -0.3 is 4.42 Å². The van der Waals surface area contributed by atoms with Crippen LogP contribution >= 0.6 is 11.3 Å². The number of nitrogens with one attached hydrogen (secondary N) is 1. The summed E-state index contributed by atoms with van der Waals surface area (Å²) < 4.78 is 5.61. The van der Waals surface area contributed by atoms with Crippen molar-refractivity contribution < 1.29 is 4.42 Å². The van der Waals surface area contributed by atoms with E-state index in [1.165, 1.54) is 23.3 Å². The summed E-state index contributed by atoms with van der Waals surface area (Å²) in [5, 5.41) is 9.14. The van der Waals surface area contributed by atoms with Crippen molar-refractivity contribution in [2.75, 3.05) is 0 Å². The number of rotatable bonds is 2. The number of thiophene rings is 1. The van der Waals surface area contributed by atoms with Crippen LogP contribution in [0.1, 0.15) is 34.7 Å². The first kappa shape index (κ1) is 13.5. The molecule has 1 aliphatic carbocycles. The molecule has 0 bridgehead atoms. The van der Waals surface area contributed by atoms with Crippen molar-refractivity contribution in [3.63, 3.8) is 0 Å². The highest BCUT2D eigenvalue weighted by atomic mass is 32.1. The molecule has 0 amide bonds. The fraction of sp³-hybridized carbons (Fsp3) is 0.222. The Bertz CT molecular complexity index is 906. The fourth-order valence-corrected chi connectivity index (χ4v) is 4.21. The number of aryl methyl sites for hydroxylation is 2. The third-order valence-electron chi connectivity index (χ3n) is 4.02. The average Bonchev–Trinajstić information content (AvgIpc) is 2.92. The van der Waals surface area contributed by atoms with Crippen molar-refractivity contribution in [1.82, 2.24) is 4.98 Å².